The van der Waals surface area contributed by atoms with Crippen LogP contribution in [0.2, 0.25) is 0 Å². The third-order valence-electron chi connectivity index (χ3n) is 9.94. The number of hydrogen-bond donors (Lipinski definition) is 6. The maximum absolute atomic E-state index is 14.7. The average molecular weight is 849 g/mol. The van der Waals surface area contributed by atoms with Gasteiger partial charge in [0.15, 0.2) is 6.10 Å². The van der Waals surface area contributed by atoms with Crippen molar-refractivity contribution < 1.29 is 52.6 Å². The fourth-order valence-electron chi connectivity index (χ4n) is 6.73. The number of carbonyl (C=O) groups excluding carboxylic acids is 8. The Hall–Kier alpha value is -6.48. The topological polar surface area (TPSA) is 264 Å². The first kappa shape index (κ1) is 43.1. The largest absolute Gasteiger partial charge is 0.458 e. The molecular weight excluding hydrogens is 808 g/mol. The van der Waals surface area contributed by atoms with Crippen LogP contribution >= 0.6 is 11.8 Å². The summed E-state index contributed by atoms with van der Waals surface area (Å²) in [4.78, 5) is 115. The number of imide groups is 1. The molecule has 1 aromatic carbocycles. The van der Waals surface area contributed by atoms with Crippen molar-refractivity contribution in [2.75, 3.05) is 38.6 Å². The molecule has 0 saturated carbocycles. The highest BCUT2D eigenvalue weighted by molar-refractivity contribution is 7.98. The minimum absolute atomic E-state index is 0.112. The fraction of sp³-hybridized carbons (Fsp3) is 0.385. The lowest BCUT2D eigenvalue weighted by Crippen LogP contribution is -2.45. The molecule has 316 valence electrons. The number of halogens is 1. The molecule has 0 bridgehead atoms. The Bertz CT molecular complexity index is 2380. The highest BCUT2D eigenvalue weighted by Gasteiger charge is 2.35. The summed E-state index contributed by atoms with van der Waals surface area (Å²) < 4.78 is 21.1. The van der Waals surface area contributed by atoms with Gasteiger partial charge < -0.3 is 41.0 Å². The number of carbonyl (C=O) groups is 8. The van der Waals surface area contributed by atoms with E-state index in [0.29, 0.717) is 58.4 Å². The number of aliphatic hydroxyl groups excluding tert-OH is 1. The van der Waals surface area contributed by atoms with Crippen LogP contribution in [0.4, 0.5) is 4.39 Å². The quantitative estimate of drug-likeness (QED) is 0.0311. The number of benzene rings is 1. The first-order chi connectivity index (χ1) is 28.7. The van der Waals surface area contributed by atoms with Gasteiger partial charge in [0.05, 0.1) is 61.1 Å². The fourth-order valence-corrected chi connectivity index (χ4v) is 7.62. The molecule has 5 heterocycles. The molecule has 1 atom stereocenters. The lowest BCUT2D eigenvalue weighted by molar-refractivity contribution is -0.157. The predicted molar refractivity (Wildman–Crippen MR) is 211 cm³/mol. The third-order valence-corrected chi connectivity index (χ3v) is 10.8. The van der Waals surface area contributed by atoms with Crippen molar-refractivity contribution in [2.24, 2.45) is 0 Å². The zero-order valence-corrected chi connectivity index (χ0v) is 33.1. The van der Waals surface area contributed by atoms with Gasteiger partial charge in [-0.1, -0.05) is 6.42 Å². The monoisotopic (exact) mass is 848 g/mol. The summed E-state index contributed by atoms with van der Waals surface area (Å²) in [6.07, 6.45) is 2.52. The number of unbranched alkanes of at least 4 members (excludes halogenated alkanes) is 2. The number of aryl methyl sites for hydroxylation is 1. The number of aliphatic hydroxyl groups is 1. The van der Waals surface area contributed by atoms with Gasteiger partial charge >= 0.3 is 5.97 Å². The second kappa shape index (κ2) is 19.1. The van der Waals surface area contributed by atoms with Crippen molar-refractivity contribution in [1.29, 1.82) is 0 Å². The van der Waals surface area contributed by atoms with Crippen LogP contribution in [0.25, 0.3) is 22.3 Å². The van der Waals surface area contributed by atoms with E-state index in [4.69, 9.17) is 4.74 Å². The van der Waals surface area contributed by atoms with Crippen LogP contribution in [-0.2, 0) is 62.0 Å². The van der Waals surface area contributed by atoms with E-state index in [1.54, 1.807) is 13.0 Å². The SMILES string of the molecule is Cc1cc2c(CSCNC(=O)CNC(=O)CNC(=O)CNC(=O)CNC(=O)CCCCCN3C(=O)C=CC3=O)c3c(nc2cc1F)-c1cc2c(c(=O)n1C3)COC(=O)[C@H]2O. The maximum Gasteiger partial charge on any atom is 0.340 e. The molecule has 3 aliphatic heterocycles. The first-order valence-corrected chi connectivity index (χ1v) is 20.0. The number of esters is 1. The number of aromatic nitrogens is 2. The number of thioether (sulfide) groups is 1. The summed E-state index contributed by atoms with van der Waals surface area (Å²) in [5.41, 5.74) is 2.81. The van der Waals surface area contributed by atoms with Crippen molar-refractivity contribution in [1.82, 2.24) is 41.0 Å². The predicted octanol–water partition coefficient (Wildman–Crippen LogP) is -0.780. The molecule has 0 fully saturated rings. The lowest BCUT2D eigenvalue weighted by Gasteiger charge is -2.21. The molecule has 0 unspecified atom stereocenters. The number of cyclic esters (lactones) is 1. The van der Waals surface area contributed by atoms with Crippen LogP contribution in [0.3, 0.4) is 0 Å². The molecule has 0 spiro atoms. The summed E-state index contributed by atoms with van der Waals surface area (Å²) >= 11 is 1.31. The van der Waals surface area contributed by atoms with Gasteiger partial charge in [0, 0.05) is 53.4 Å². The molecule has 3 aliphatic rings. The first-order valence-electron chi connectivity index (χ1n) is 18.9. The Morgan fingerprint density at radius 3 is 2.10 bits per heavy atom. The van der Waals surface area contributed by atoms with Gasteiger partial charge in [-0.15, -0.1) is 11.8 Å². The van der Waals surface area contributed by atoms with Gasteiger partial charge in [-0.3, -0.25) is 43.3 Å². The number of amides is 7. The zero-order chi connectivity index (χ0) is 43.1. The normalized spacial score (nSPS) is 14.9. The second-order valence-electron chi connectivity index (χ2n) is 14.1. The maximum atomic E-state index is 14.7. The molecule has 3 aromatic rings. The molecule has 0 aliphatic carbocycles. The lowest BCUT2D eigenvalue weighted by atomic mass is 9.98. The van der Waals surface area contributed by atoms with Crippen LogP contribution < -0.4 is 32.1 Å². The van der Waals surface area contributed by atoms with Crippen LogP contribution in [0, 0.1) is 12.7 Å². The molecule has 0 radical (unpaired) electrons. The van der Waals surface area contributed by atoms with Crippen LogP contribution in [0.1, 0.15) is 59.6 Å². The van der Waals surface area contributed by atoms with Gasteiger partial charge in [0.25, 0.3) is 17.4 Å². The zero-order valence-electron chi connectivity index (χ0n) is 32.3. The van der Waals surface area contributed by atoms with E-state index < -0.39 is 66.7 Å². The van der Waals surface area contributed by atoms with Crippen LogP contribution in [0.15, 0.2) is 35.1 Å². The van der Waals surface area contributed by atoms with Crippen molar-refractivity contribution in [3.05, 3.63) is 74.3 Å². The summed E-state index contributed by atoms with van der Waals surface area (Å²) in [5, 5.41) is 23.2. The molecule has 0 saturated heterocycles. The minimum Gasteiger partial charge on any atom is -0.458 e. The van der Waals surface area contributed by atoms with E-state index in [0.717, 1.165) is 10.5 Å². The van der Waals surface area contributed by atoms with Crippen LogP contribution in [0.5, 0.6) is 0 Å². The van der Waals surface area contributed by atoms with E-state index in [1.165, 1.54) is 40.6 Å². The Morgan fingerprint density at radius 2 is 1.45 bits per heavy atom. The van der Waals surface area contributed by atoms with Crippen LogP contribution in [-0.4, -0.2) is 105 Å². The second-order valence-corrected chi connectivity index (χ2v) is 15.1. The van der Waals surface area contributed by atoms with Gasteiger partial charge in [0.2, 0.25) is 29.5 Å². The Balaban J connectivity index is 0.891. The van der Waals surface area contributed by atoms with E-state index in [1.807, 2.05) is 0 Å². The number of hydrogen-bond acceptors (Lipinski definition) is 13. The van der Waals surface area contributed by atoms with Gasteiger partial charge in [0.1, 0.15) is 12.4 Å². The minimum atomic E-state index is -1.63. The Labute approximate surface area is 344 Å². The molecule has 60 heavy (non-hydrogen) atoms. The highest BCUT2D eigenvalue weighted by atomic mass is 32.2. The highest BCUT2D eigenvalue weighted by Crippen LogP contribution is 2.39. The molecule has 6 rings (SSSR count). The van der Waals surface area contributed by atoms with Gasteiger partial charge in [-0.2, -0.15) is 0 Å². The third kappa shape index (κ3) is 10.0. The van der Waals surface area contributed by atoms with E-state index in [-0.39, 0.29) is 67.4 Å². The van der Waals surface area contributed by atoms with Crippen molar-refractivity contribution in [3.63, 3.8) is 0 Å². The van der Waals surface area contributed by atoms with Crippen molar-refractivity contribution in [3.8, 4) is 11.4 Å². The number of fused-ring (bicyclic) bond motifs is 5. The molecule has 2 aromatic heterocycles. The number of rotatable bonds is 18. The standard InChI is InChI=1S/C39H41FN8O11S/c1-20-9-21-25(23-16-48-28(36(23)46-27(21)11-26(20)40)10-22-24(38(48)57)17-59-39(58)37(22)56)18-60-19-45-33(53)15-44-32(52)14-43-31(51)13-42-30(50)12-41-29(49)5-3-2-4-8-47-34(54)6-7-35(47)55/h6-7,9-11,37,56H,2-5,8,12-19H2,1H3,(H,41,49)(H,42,50)(H,43,51)(H,44,52)(H,45,53)/t37-/m0/s1. The van der Waals surface area contributed by atoms with Crippen molar-refractivity contribution in [2.45, 2.75) is 57.6 Å². The molecular formula is C39H41FN8O11S. The number of ether oxygens (including phenoxy) is 1. The van der Waals surface area contributed by atoms with E-state index >= 15 is 0 Å². The average Bonchev–Trinajstić information content (AvgIpc) is 3.75. The summed E-state index contributed by atoms with van der Waals surface area (Å²) in [5.74, 6) is -4.52. The summed E-state index contributed by atoms with van der Waals surface area (Å²) in [6, 6.07) is 4.51. The molecule has 7 amide bonds. The summed E-state index contributed by atoms with van der Waals surface area (Å²) in [6.45, 7) is 0.0394. The molecule has 19 nitrogen and oxygen atoms in total. The Kier molecular flexibility index (Phi) is 13.7. The molecule has 21 heteroatoms. The van der Waals surface area contributed by atoms with E-state index in [2.05, 4.69) is 31.6 Å². The smallest absolute Gasteiger partial charge is 0.340 e. The number of nitrogens with one attached hydrogen (secondary N) is 5. The van der Waals surface area contributed by atoms with Gasteiger partial charge in [-0.25, -0.2) is 14.2 Å². The van der Waals surface area contributed by atoms with E-state index in [9.17, 15) is 52.6 Å². The molecule has 6 N–H and O–H groups in total. The van der Waals surface area contributed by atoms with Gasteiger partial charge in [-0.05, 0) is 43.0 Å². The number of pyridine rings is 2. The number of nitrogens with zero attached hydrogens (tertiary/aromatic N) is 3. The van der Waals surface area contributed by atoms with Crippen molar-refractivity contribution >= 4 is 70.0 Å². The summed E-state index contributed by atoms with van der Waals surface area (Å²) in [7, 11) is 0. The Morgan fingerprint density at radius 1 is 0.833 bits per heavy atom.